The first kappa shape index (κ1) is 12.0. The molecule has 0 spiro atoms. The number of hydrogen-bond acceptors (Lipinski definition) is 2. The Balaban J connectivity index is 3.26. The van der Waals surface area contributed by atoms with Crippen LogP contribution < -0.4 is 0 Å². The van der Waals surface area contributed by atoms with Gasteiger partial charge >= 0.3 is 5.97 Å². The second-order valence-electron chi connectivity index (χ2n) is 2.67. The van der Waals surface area contributed by atoms with Crippen molar-refractivity contribution in [2.24, 2.45) is 0 Å². The molecular weight excluding hydrogens is 279 g/mol. The average Bonchev–Trinajstić information content (AvgIpc) is 2.10. The Labute approximate surface area is 91.1 Å². The molecule has 0 saturated carbocycles. The van der Waals surface area contributed by atoms with E-state index in [-0.39, 0.29) is 10.2 Å². The lowest BCUT2D eigenvalue weighted by molar-refractivity contribution is -0.136. The van der Waals surface area contributed by atoms with Gasteiger partial charge in [0.25, 0.3) is 6.43 Å². The van der Waals surface area contributed by atoms with Gasteiger partial charge in [0, 0.05) is 6.20 Å². The zero-order valence-electron chi connectivity index (χ0n) is 7.18. The number of carboxylic acid groups (broad SMARTS) is 1. The van der Waals surface area contributed by atoms with Crippen LogP contribution in [0.2, 0.25) is 0 Å². The molecule has 0 aliphatic heterocycles. The Morgan fingerprint density at radius 1 is 1.60 bits per heavy atom. The van der Waals surface area contributed by atoms with Crippen molar-refractivity contribution in [3.63, 3.8) is 0 Å². The summed E-state index contributed by atoms with van der Waals surface area (Å²) < 4.78 is 37.7. The van der Waals surface area contributed by atoms with Gasteiger partial charge in [-0.25, -0.2) is 18.2 Å². The fourth-order valence-corrected chi connectivity index (χ4v) is 1.37. The third kappa shape index (κ3) is 2.68. The minimum atomic E-state index is -3.07. The van der Waals surface area contributed by atoms with Crippen molar-refractivity contribution < 1.29 is 23.1 Å². The molecule has 0 radical (unpaired) electrons. The van der Waals surface area contributed by atoms with Crippen LogP contribution in [-0.2, 0) is 11.2 Å². The second kappa shape index (κ2) is 4.61. The van der Waals surface area contributed by atoms with Gasteiger partial charge in [0.05, 0.1) is 12.0 Å². The van der Waals surface area contributed by atoms with Gasteiger partial charge in [-0.1, -0.05) is 0 Å². The number of halogens is 4. The molecule has 0 bridgehead atoms. The summed E-state index contributed by atoms with van der Waals surface area (Å²) in [7, 11) is 0. The van der Waals surface area contributed by atoms with Gasteiger partial charge in [-0.3, -0.25) is 4.79 Å². The van der Waals surface area contributed by atoms with Gasteiger partial charge in [0.15, 0.2) is 5.82 Å². The smallest absolute Gasteiger partial charge is 0.307 e. The van der Waals surface area contributed by atoms with Crippen molar-refractivity contribution in [3.05, 3.63) is 27.7 Å². The van der Waals surface area contributed by atoms with Gasteiger partial charge in [-0.2, -0.15) is 0 Å². The zero-order chi connectivity index (χ0) is 11.6. The number of rotatable bonds is 3. The van der Waals surface area contributed by atoms with Crippen molar-refractivity contribution in [3.8, 4) is 0 Å². The SMILES string of the molecule is O=C(O)Cc1cnc(Br)c(F)c1C(F)F. The highest BCUT2D eigenvalue weighted by molar-refractivity contribution is 9.10. The molecule has 0 saturated heterocycles. The molecule has 1 rings (SSSR count). The molecule has 1 aromatic heterocycles. The van der Waals surface area contributed by atoms with Gasteiger partial charge in [-0.05, 0) is 21.5 Å². The molecule has 0 unspecified atom stereocenters. The van der Waals surface area contributed by atoms with E-state index in [1.807, 2.05) is 0 Å². The van der Waals surface area contributed by atoms with E-state index < -0.39 is 30.2 Å². The first-order chi connectivity index (χ1) is 6.93. The molecule has 1 aromatic rings. The van der Waals surface area contributed by atoms with E-state index in [0.29, 0.717) is 0 Å². The largest absolute Gasteiger partial charge is 0.481 e. The van der Waals surface area contributed by atoms with Crippen LogP contribution >= 0.6 is 15.9 Å². The van der Waals surface area contributed by atoms with Gasteiger partial charge in [-0.15, -0.1) is 0 Å². The number of alkyl halides is 2. The van der Waals surface area contributed by atoms with Crippen LogP contribution in [0, 0.1) is 5.82 Å². The Kier molecular flexibility index (Phi) is 3.67. The minimum absolute atomic E-state index is 0.321. The van der Waals surface area contributed by atoms with E-state index in [2.05, 4.69) is 20.9 Å². The van der Waals surface area contributed by atoms with Crippen LogP contribution in [0.25, 0.3) is 0 Å². The highest BCUT2D eigenvalue weighted by Crippen LogP contribution is 2.29. The lowest BCUT2D eigenvalue weighted by atomic mass is 10.1. The summed E-state index contributed by atoms with van der Waals surface area (Å²) in [6.45, 7) is 0. The summed E-state index contributed by atoms with van der Waals surface area (Å²) in [5, 5.41) is 8.43. The van der Waals surface area contributed by atoms with Gasteiger partial charge in [0.1, 0.15) is 4.60 Å². The molecule has 0 aromatic carbocycles. The maximum atomic E-state index is 13.2. The number of carboxylic acids is 1. The predicted octanol–water partition coefficient (Wildman–Crippen LogP) is 2.55. The lowest BCUT2D eigenvalue weighted by Gasteiger charge is -2.08. The summed E-state index contributed by atoms with van der Waals surface area (Å²) in [4.78, 5) is 13.8. The van der Waals surface area contributed by atoms with Crippen LogP contribution in [-0.4, -0.2) is 16.1 Å². The van der Waals surface area contributed by atoms with E-state index in [9.17, 15) is 18.0 Å². The number of carbonyl (C=O) groups is 1. The van der Waals surface area contributed by atoms with E-state index in [0.717, 1.165) is 6.20 Å². The van der Waals surface area contributed by atoms with Crippen molar-refractivity contribution in [2.45, 2.75) is 12.8 Å². The molecule has 3 nitrogen and oxygen atoms in total. The van der Waals surface area contributed by atoms with E-state index in [4.69, 9.17) is 5.11 Å². The van der Waals surface area contributed by atoms with E-state index >= 15 is 0 Å². The summed E-state index contributed by atoms with van der Waals surface area (Å²) in [5.41, 5.74) is -1.24. The standard InChI is InChI=1S/C8H5BrF3NO2/c9-7-6(10)5(8(11)12)3(2-13-7)1-4(14)15/h2,8H,1H2,(H,14,15). The van der Waals surface area contributed by atoms with Gasteiger partial charge in [0.2, 0.25) is 0 Å². The van der Waals surface area contributed by atoms with Crippen LogP contribution in [0.15, 0.2) is 10.8 Å². The quantitative estimate of drug-likeness (QED) is 0.868. The van der Waals surface area contributed by atoms with Gasteiger partial charge < -0.3 is 5.11 Å². The molecule has 0 aliphatic carbocycles. The van der Waals surface area contributed by atoms with E-state index in [1.165, 1.54) is 0 Å². The van der Waals surface area contributed by atoms with Crippen LogP contribution in [0.3, 0.4) is 0 Å². The number of hydrogen-bond donors (Lipinski definition) is 1. The number of aliphatic carboxylic acids is 1. The lowest BCUT2D eigenvalue weighted by Crippen LogP contribution is -2.07. The van der Waals surface area contributed by atoms with Crippen LogP contribution in [0.1, 0.15) is 17.6 Å². The molecular formula is C8H5BrF3NO2. The Morgan fingerprint density at radius 2 is 2.20 bits per heavy atom. The normalized spacial score (nSPS) is 10.7. The second-order valence-corrected chi connectivity index (χ2v) is 3.42. The Bertz CT molecular complexity index is 398. The Morgan fingerprint density at radius 3 is 2.67 bits per heavy atom. The molecule has 82 valence electrons. The third-order valence-electron chi connectivity index (χ3n) is 1.66. The highest BCUT2D eigenvalue weighted by Gasteiger charge is 2.22. The molecule has 0 amide bonds. The maximum Gasteiger partial charge on any atom is 0.307 e. The summed E-state index contributed by atoms with van der Waals surface area (Å²) in [5.74, 6) is -2.54. The number of aromatic nitrogens is 1. The van der Waals surface area contributed by atoms with Crippen molar-refractivity contribution >= 4 is 21.9 Å². The predicted molar refractivity (Wildman–Crippen MR) is 48.2 cm³/mol. The molecule has 1 N–H and O–H groups in total. The molecule has 7 heteroatoms. The maximum absolute atomic E-state index is 13.2. The summed E-state index contributed by atoms with van der Waals surface area (Å²) in [6.07, 6.45) is -2.83. The van der Waals surface area contributed by atoms with Crippen molar-refractivity contribution in [2.75, 3.05) is 0 Å². The molecule has 15 heavy (non-hydrogen) atoms. The first-order valence-electron chi connectivity index (χ1n) is 3.76. The molecule has 0 aliphatic rings. The average molecular weight is 284 g/mol. The monoisotopic (exact) mass is 283 g/mol. The topological polar surface area (TPSA) is 50.2 Å². The van der Waals surface area contributed by atoms with Crippen LogP contribution in [0.4, 0.5) is 13.2 Å². The highest BCUT2D eigenvalue weighted by atomic mass is 79.9. The van der Waals surface area contributed by atoms with Crippen molar-refractivity contribution in [1.82, 2.24) is 4.98 Å². The fraction of sp³-hybridized carbons (Fsp3) is 0.250. The fourth-order valence-electron chi connectivity index (χ4n) is 1.05. The number of pyridine rings is 1. The minimum Gasteiger partial charge on any atom is -0.481 e. The Hall–Kier alpha value is -1.11. The van der Waals surface area contributed by atoms with Crippen molar-refractivity contribution in [1.29, 1.82) is 0 Å². The summed E-state index contributed by atoms with van der Waals surface area (Å²) in [6, 6.07) is 0. The molecule has 1 heterocycles. The zero-order valence-corrected chi connectivity index (χ0v) is 8.76. The molecule has 0 fully saturated rings. The van der Waals surface area contributed by atoms with Crippen LogP contribution in [0.5, 0.6) is 0 Å². The third-order valence-corrected chi connectivity index (χ3v) is 2.21. The summed E-state index contributed by atoms with van der Waals surface area (Å²) >= 11 is 2.65. The first-order valence-corrected chi connectivity index (χ1v) is 4.55. The van der Waals surface area contributed by atoms with E-state index in [1.54, 1.807) is 0 Å². The number of nitrogens with zero attached hydrogens (tertiary/aromatic N) is 1. The molecule has 0 atom stereocenters.